The second kappa shape index (κ2) is 5.67. The van der Waals surface area contributed by atoms with Gasteiger partial charge in [0.2, 0.25) is 0 Å². The van der Waals surface area contributed by atoms with E-state index in [1.165, 1.54) is 12.1 Å². The summed E-state index contributed by atoms with van der Waals surface area (Å²) >= 11 is 4.40. The predicted molar refractivity (Wildman–Crippen MR) is 96.5 cm³/mol. The van der Waals surface area contributed by atoms with Crippen molar-refractivity contribution in [2.24, 2.45) is 5.73 Å². The predicted octanol–water partition coefficient (Wildman–Crippen LogP) is 2.57. The van der Waals surface area contributed by atoms with Crippen LogP contribution in [0.2, 0.25) is 0 Å². The van der Waals surface area contributed by atoms with Gasteiger partial charge in [-0.1, -0.05) is 15.9 Å². The maximum Gasteiger partial charge on any atom is 0.260 e. The van der Waals surface area contributed by atoms with Crippen molar-refractivity contribution in [1.82, 2.24) is 4.98 Å². The number of primary amides is 1. The van der Waals surface area contributed by atoms with E-state index in [2.05, 4.69) is 20.9 Å². The molecule has 0 saturated heterocycles. The molecule has 0 atom stereocenters. The third-order valence-electron chi connectivity index (χ3n) is 3.46. The number of carbonyl (C=O) groups is 1. The molecule has 0 aliphatic rings. The Balaban J connectivity index is 2.55. The van der Waals surface area contributed by atoms with Crippen LogP contribution in [0, 0.1) is 11.3 Å². The average molecular weight is 404 g/mol. The monoisotopic (exact) mass is 403 g/mol. The molecule has 0 aliphatic heterocycles. The normalized spacial score (nSPS) is 10.7. The van der Waals surface area contributed by atoms with E-state index in [0.717, 1.165) is 11.3 Å². The van der Waals surface area contributed by atoms with Gasteiger partial charge in [0.1, 0.15) is 32.9 Å². The number of nitrogens with two attached hydrogens (primary N) is 3. The highest BCUT2D eigenvalue weighted by Gasteiger charge is 2.24. The lowest BCUT2D eigenvalue weighted by Crippen LogP contribution is -2.10. The number of rotatable bonds is 2. The van der Waals surface area contributed by atoms with Crippen molar-refractivity contribution in [1.29, 1.82) is 5.26 Å². The average Bonchev–Trinajstić information content (AvgIpc) is 2.85. The van der Waals surface area contributed by atoms with E-state index in [9.17, 15) is 15.2 Å². The number of phenolic OH excluding ortho intramolecular Hbond substituents is 1. The molecule has 0 bridgehead atoms. The molecule has 0 spiro atoms. The van der Waals surface area contributed by atoms with Crippen LogP contribution >= 0.6 is 27.3 Å². The van der Waals surface area contributed by atoms with E-state index < -0.39 is 5.91 Å². The van der Waals surface area contributed by atoms with Gasteiger partial charge in [0.25, 0.3) is 5.91 Å². The molecule has 0 radical (unpaired) electrons. The summed E-state index contributed by atoms with van der Waals surface area (Å²) in [7, 11) is 0. The first kappa shape index (κ1) is 16.0. The van der Waals surface area contributed by atoms with E-state index in [1.54, 1.807) is 6.07 Å². The number of pyridine rings is 1. The van der Waals surface area contributed by atoms with E-state index in [1.807, 2.05) is 6.07 Å². The number of nitrogen functional groups attached to an aromatic ring is 2. The van der Waals surface area contributed by atoms with Gasteiger partial charge >= 0.3 is 0 Å². The highest BCUT2D eigenvalue weighted by molar-refractivity contribution is 9.10. The maximum atomic E-state index is 11.6. The number of hydrogen-bond acceptors (Lipinski definition) is 7. The number of anilines is 2. The van der Waals surface area contributed by atoms with Crippen molar-refractivity contribution < 1.29 is 9.90 Å². The van der Waals surface area contributed by atoms with Gasteiger partial charge in [-0.2, -0.15) is 5.26 Å². The highest BCUT2D eigenvalue weighted by atomic mass is 79.9. The first-order valence-corrected chi connectivity index (χ1v) is 8.16. The van der Waals surface area contributed by atoms with E-state index in [-0.39, 0.29) is 27.7 Å². The van der Waals surface area contributed by atoms with Crippen LogP contribution in [0.3, 0.4) is 0 Å². The smallest absolute Gasteiger partial charge is 0.260 e. The van der Waals surface area contributed by atoms with Gasteiger partial charge in [0.05, 0.1) is 5.69 Å². The Hall–Kier alpha value is -2.83. The van der Waals surface area contributed by atoms with Crippen LogP contribution in [0.1, 0.15) is 15.2 Å². The Morgan fingerprint density at radius 3 is 2.71 bits per heavy atom. The number of amides is 1. The third-order valence-corrected chi connectivity index (χ3v) is 5.27. The SMILES string of the molecule is N#Cc1c(N)nc2sc(C(N)=O)c(N)c2c1-c1cc(O)ccc1Br. The fraction of sp³-hybridized carbons (Fsp3) is 0. The molecule has 24 heavy (non-hydrogen) atoms. The number of aromatic nitrogens is 1. The molecular weight excluding hydrogens is 394 g/mol. The number of hydrogen-bond donors (Lipinski definition) is 4. The van der Waals surface area contributed by atoms with Gasteiger partial charge in [-0.3, -0.25) is 4.79 Å². The summed E-state index contributed by atoms with van der Waals surface area (Å²) in [6.07, 6.45) is 0. The van der Waals surface area contributed by atoms with Crippen LogP contribution in [0.5, 0.6) is 5.75 Å². The molecule has 2 heterocycles. The van der Waals surface area contributed by atoms with Gasteiger partial charge in [-0.05, 0) is 18.2 Å². The molecule has 3 aromatic rings. The lowest BCUT2D eigenvalue weighted by molar-refractivity contribution is 0.100. The van der Waals surface area contributed by atoms with Gasteiger partial charge in [-0.15, -0.1) is 11.3 Å². The van der Waals surface area contributed by atoms with E-state index in [4.69, 9.17) is 17.2 Å². The molecule has 7 nitrogen and oxygen atoms in total. The quantitative estimate of drug-likeness (QED) is 0.515. The highest BCUT2D eigenvalue weighted by Crippen LogP contribution is 2.44. The molecular formula is C15H10BrN5O2S. The Morgan fingerprint density at radius 1 is 1.38 bits per heavy atom. The summed E-state index contributed by atoms with van der Waals surface area (Å²) in [4.78, 5) is 16.3. The van der Waals surface area contributed by atoms with Crippen molar-refractivity contribution in [3.63, 3.8) is 0 Å². The molecule has 0 aliphatic carbocycles. The van der Waals surface area contributed by atoms with E-state index in [0.29, 0.717) is 25.8 Å². The van der Waals surface area contributed by atoms with Gasteiger partial charge in [0, 0.05) is 21.0 Å². The number of aromatic hydroxyl groups is 1. The van der Waals surface area contributed by atoms with E-state index >= 15 is 0 Å². The lowest BCUT2D eigenvalue weighted by Gasteiger charge is -2.11. The first-order chi connectivity index (χ1) is 11.3. The molecule has 7 N–H and O–H groups in total. The van der Waals surface area contributed by atoms with Crippen molar-refractivity contribution in [2.45, 2.75) is 0 Å². The number of carbonyl (C=O) groups excluding carboxylic acids is 1. The number of phenols is 1. The fourth-order valence-corrected chi connectivity index (χ4v) is 3.85. The topological polar surface area (TPSA) is 152 Å². The minimum atomic E-state index is -0.687. The van der Waals surface area contributed by atoms with Crippen molar-refractivity contribution >= 4 is 54.9 Å². The minimum absolute atomic E-state index is 0.00421. The van der Waals surface area contributed by atoms with Gasteiger partial charge < -0.3 is 22.3 Å². The Labute approximate surface area is 148 Å². The van der Waals surface area contributed by atoms with Crippen LogP contribution in [-0.2, 0) is 0 Å². The molecule has 120 valence electrons. The molecule has 2 aromatic heterocycles. The fourth-order valence-electron chi connectivity index (χ4n) is 2.44. The second-order valence-electron chi connectivity index (χ2n) is 4.91. The van der Waals surface area contributed by atoms with Crippen molar-refractivity contribution in [3.05, 3.63) is 33.1 Å². The number of nitriles is 1. The molecule has 9 heteroatoms. The van der Waals surface area contributed by atoms with Crippen molar-refractivity contribution in [2.75, 3.05) is 11.5 Å². The Morgan fingerprint density at radius 2 is 2.08 bits per heavy atom. The molecule has 0 saturated carbocycles. The summed E-state index contributed by atoms with van der Waals surface area (Å²) in [6.45, 7) is 0. The molecule has 0 unspecified atom stereocenters. The van der Waals surface area contributed by atoms with Crippen LogP contribution in [0.4, 0.5) is 11.5 Å². The van der Waals surface area contributed by atoms with Crippen LogP contribution in [0.15, 0.2) is 22.7 Å². The molecule has 1 aromatic carbocycles. The first-order valence-electron chi connectivity index (χ1n) is 6.55. The summed E-state index contributed by atoms with van der Waals surface area (Å²) < 4.78 is 0.620. The second-order valence-corrected chi connectivity index (χ2v) is 6.77. The van der Waals surface area contributed by atoms with Crippen LogP contribution in [-0.4, -0.2) is 16.0 Å². The Bertz CT molecular complexity index is 1050. The molecule has 3 rings (SSSR count). The van der Waals surface area contributed by atoms with Crippen LogP contribution in [0.25, 0.3) is 21.3 Å². The zero-order chi connectivity index (χ0) is 17.6. The number of benzene rings is 1. The summed E-state index contributed by atoms with van der Waals surface area (Å²) in [6, 6.07) is 6.61. The number of fused-ring (bicyclic) bond motifs is 1. The number of halogens is 1. The maximum absolute atomic E-state index is 11.6. The zero-order valence-electron chi connectivity index (χ0n) is 12.0. The standard InChI is InChI=1S/C15H10BrN5O2S/c16-8-2-1-5(22)3-6(8)9-7(4-17)13(19)21-15-10(9)11(18)12(24-15)14(20)23/h1-3,22H,18H2,(H2,19,21)(H2,20,23). The molecule has 0 fully saturated rings. The number of thiophene rings is 1. The lowest BCUT2D eigenvalue weighted by atomic mass is 9.97. The Kier molecular flexibility index (Phi) is 3.79. The summed E-state index contributed by atoms with van der Waals surface area (Å²) in [5.41, 5.74) is 18.5. The minimum Gasteiger partial charge on any atom is -0.508 e. The van der Waals surface area contributed by atoms with Crippen molar-refractivity contribution in [3.8, 4) is 22.9 Å². The zero-order valence-corrected chi connectivity index (χ0v) is 14.4. The number of nitrogens with zero attached hydrogens (tertiary/aromatic N) is 2. The third kappa shape index (κ3) is 2.33. The summed E-state index contributed by atoms with van der Waals surface area (Å²) in [5.74, 6) is -0.675. The van der Waals surface area contributed by atoms with Gasteiger partial charge in [0.15, 0.2) is 0 Å². The molecule has 1 amide bonds. The summed E-state index contributed by atoms with van der Waals surface area (Å²) in [5, 5.41) is 19.7. The van der Waals surface area contributed by atoms with Gasteiger partial charge in [-0.25, -0.2) is 4.98 Å². The largest absolute Gasteiger partial charge is 0.508 e. The van der Waals surface area contributed by atoms with Crippen LogP contribution < -0.4 is 17.2 Å².